The second-order valence-corrected chi connectivity index (χ2v) is 2.63. The lowest BCUT2D eigenvalue weighted by atomic mass is 10.1. The first-order valence-electron chi connectivity index (χ1n) is 3.65. The number of aryl methyl sites for hydroxylation is 1. The lowest BCUT2D eigenvalue weighted by Crippen LogP contribution is -2.04. The number of carboxylic acid groups (broad SMARTS) is 1. The van der Waals surface area contributed by atoms with Crippen LogP contribution in [0, 0.1) is 6.92 Å². The van der Waals surface area contributed by atoms with E-state index in [-0.39, 0.29) is 11.3 Å². The van der Waals surface area contributed by atoms with Crippen molar-refractivity contribution in [3.63, 3.8) is 0 Å². The highest BCUT2D eigenvalue weighted by Crippen LogP contribution is 2.27. The summed E-state index contributed by atoms with van der Waals surface area (Å²) in [6.45, 7) is 1.29. The number of carboxylic acids is 1. The van der Waals surface area contributed by atoms with Crippen LogP contribution in [0.3, 0.4) is 0 Å². The Labute approximate surface area is 77.8 Å². The zero-order valence-corrected chi connectivity index (χ0v) is 7.16. The van der Waals surface area contributed by atoms with Gasteiger partial charge in [0, 0.05) is 0 Å². The average molecular weight is 203 g/mol. The van der Waals surface area contributed by atoms with E-state index in [1.54, 1.807) is 0 Å². The Hall–Kier alpha value is -1.72. The lowest BCUT2D eigenvalue weighted by molar-refractivity contribution is 0.0694. The third-order valence-corrected chi connectivity index (χ3v) is 1.66. The van der Waals surface area contributed by atoms with Gasteiger partial charge in [-0.1, -0.05) is 0 Å². The molecule has 0 radical (unpaired) electrons. The second-order valence-electron chi connectivity index (χ2n) is 2.63. The minimum absolute atomic E-state index is 0.0504. The number of rotatable bonds is 2. The molecule has 4 nitrogen and oxygen atoms in total. The largest absolute Gasteiger partial charge is 0.506 e. The van der Waals surface area contributed by atoms with Crippen molar-refractivity contribution in [2.45, 2.75) is 13.3 Å². The Bertz CT molecular complexity index is 379. The molecule has 1 aromatic rings. The Kier molecular flexibility index (Phi) is 2.64. The molecule has 0 atom stereocenters. The van der Waals surface area contributed by atoms with Crippen molar-refractivity contribution in [3.8, 4) is 5.75 Å². The zero-order chi connectivity index (χ0) is 10.9. The van der Waals surface area contributed by atoms with Crippen LogP contribution in [0.2, 0.25) is 0 Å². The Morgan fingerprint density at radius 2 is 2.14 bits per heavy atom. The van der Waals surface area contributed by atoms with Gasteiger partial charge in [0.2, 0.25) is 0 Å². The molecule has 1 heterocycles. The van der Waals surface area contributed by atoms with Crippen LogP contribution in [-0.4, -0.2) is 21.2 Å². The summed E-state index contributed by atoms with van der Waals surface area (Å²) < 4.78 is 24.3. The number of aromatic nitrogens is 1. The van der Waals surface area contributed by atoms with Gasteiger partial charge in [0.25, 0.3) is 6.43 Å². The monoisotopic (exact) mass is 203 g/mol. The Morgan fingerprint density at radius 3 is 2.57 bits per heavy atom. The molecule has 1 aromatic heterocycles. The summed E-state index contributed by atoms with van der Waals surface area (Å²) in [4.78, 5) is 13.8. The fourth-order valence-corrected chi connectivity index (χ4v) is 0.990. The summed E-state index contributed by atoms with van der Waals surface area (Å²) >= 11 is 0. The van der Waals surface area contributed by atoms with Gasteiger partial charge >= 0.3 is 5.97 Å². The molecule has 0 aliphatic rings. The summed E-state index contributed by atoms with van der Waals surface area (Å²) in [5, 5.41) is 17.6. The summed E-state index contributed by atoms with van der Waals surface area (Å²) in [6, 6.07) is 0.770. The Morgan fingerprint density at radius 1 is 1.57 bits per heavy atom. The van der Waals surface area contributed by atoms with Crippen LogP contribution >= 0.6 is 0 Å². The SMILES string of the molecule is Cc1nc(C(F)F)c(O)cc1C(=O)O. The summed E-state index contributed by atoms with van der Waals surface area (Å²) in [6.07, 6.45) is -2.92. The summed E-state index contributed by atoms with van der Waals surface area (Å²) in [7, 11) is 0. The van der Waals surface area contributed by atoms with Gasteiger partial charge in [0.1, 0.15) is 11.4 Å². The van der Waals surface area contributed by atoms with E-state index in [2.05, 4.69) is 4.98 Å². The molecule has 1 rings (SSSR count). The topological polar surface area (TPSA) is 70.4 Å². The van der Waals surface area contributed by atoms with Crippen molar-refractivity contribution < 1.29 is 23.8 Å². The smallest absolute Gasteiger partial charge is 0.337 e. The second kappa shape index (κ2) is 3.57. The number of hydrogen-bond donors (Lipinski definition) is 2. The van der Waals surface area contributed by atoms with Crippen LogP contribution in [0.5, 0.6) is 5.75 Å². The van der Waals surface area contributed by atoms with Gasteiger partial charge in [-0.2, -0.15) is 0 Å². The van der Waals surface area contributed by atoms with Gasteiger partial charge in [-0.05, 0) is 13.0 Å². The van der Waals surface area contributed by atoms with E-state index in [0.717, 1.165) is 6.07 Å². The minimum Gasteiger partial charge on any atom is -0.506 e. The number of nitrogens with zero attached hydrogens (tertiary/aromatic N) is 1. The van der Waals surface area contributed by atoms with Crippen LogP contribution in [0.1, 0.15) is 28.2 Å². The highest BCUT2D eigenvalue weighted by Gasteiger charge is 2.19. The normalized spacial score (nSPS) is 10.6. The number of alkyl halides is 2. The van der Waals surface area contributed by atoms with E-state index < -0.39 is 23.8 Å². The predicted molar refractivity (Wildman–Crippen MR) is 42.6 cm³/mol. The molecule has 0 bridgehead atoms. The fourth-order valence-electron chi connectivity index (χ4n) is 0.990. The van der Waals surface area contributed by atoms with Crippen LogP contribution in [0.4, 0.5) is 8.78 Å². The molecule has 0 saturated heterocycles. The molecule has 0 aliphatic carbocycles. The molecule has 6 heteroatoms. The Balaban J connectivity index is 3.31. The van der Waals surface area contributed by atoms with Crippen molar-refractivity contribution in [2.75, 3.05) is 0 Å². The maximum absolute atomic E-state index is 12.2. The third kappa shape index (κ3) is 1.78. The predicted octanol–water partition coefficient (Wildman–Crippen LogP) is 1.73. The van der Waals surface area contributed by atoms with Crippen molar-refractivity contribution in [1.29, 1.82) is 0 Å². The standard InChI is InChI=1S/C8H7F2NO3/c1-3-4(8(13)14)2-5(12)6(11-3)7(9)10/h2,7,12H,1H3,(H,13,14). The maximum Gasteiger partial charge on any atom is 0.337 e. The molecule has 14 heavy (non-hydrogen) atoms. The number of pyridine rings is 1. The molecule has 0 aliphatic heterocycles. The van der Waals surface area contributed by atoms with Crippen molar-refractivity contribution in [3.05, 3.63) is 23.0 Å². The number of halogens is 2. The minimum atomic E-state index is -2.92. The first kappa shape index (κ1) is 10.4. The molecule has 76 valence electrons. The lowest BCUT2D eigenvalue weighted by Gasteiger charge is -2.06. The van der Waals surface area contributed by atoms with Crippen molar-refractivity contribution in [2.24, 2.45) is 0 Å². The quantitative estimate of drug-likeness (QED) is 0.767. The molecule has 0 spiro atoms. The first-order chi connectivity index (χ1) is 6.43. The van der Waals surface area contributed by atoms with E-state index in [4.69, 9.17) is 10.2 Å². The van der Waals surface area contributed by atoms with Crippen LogP contribution < -0.4 is 0 Å². The van der Waals surface area contributed by atoms with Gasteiger partial charge < -0.3 is 10.2 Å². The van der Waals surface area contributed by atoms with Gasteiger partial charge in [-0.3, -0.25) is 0 Å². The van der Waals surface area contributed by atoms with Crippen LogP contribution in [0.15, 0.2) is 6.07 Å². The van der Waals surface area contributed by atoms with Crippen LogP contribution in [-0.2, 0) is 0 Å². The molecular weight excluding hydrogens is 196 g/mol. The van der Waals surface area contributed by atoms with E-state index in [1.807, 2.05) is 0 Å². The summed E-state index contributed by atoms with van der Waals surface area (Å²) in [5.41, 5.74) is -1.13. The molecule has 2 N–H and O–H groups in total. The van der Waals surface area contributed by atoms with E-state index in [9.17, 15) is 13.6 Å². The number of aromatic carboxylic acids is 1. The fraction of sp³-hybridized carbons (Fsp3) is 0.250. The van der Waals surface area contributed by atoms with Crippen molar-refractivity contribution in [1.82, 2.24) is 4.98 Å². The van der Waals surface area contributed by atoms with Gasteiger partial charge in [0.15, 0.2) is 0 Å². The van der Waals surface area contributed by atoms with Crippen LogP contribution in [0.25, 0.3) is 0 Å². The van der Waals surface area contributed by atoms with Gasteiger partial charge in [-0.25, -0.2) is 18.6 Å². The molecule has 0 aromatic carbocycles. The molecule has 0 amide bonds. The number of aromatic hydroxyl groups is 1. The summed E-state index contributed by atoms with van der Waals surface area (Å²) in [5.74, 6) is -2.12. The molecule has 0 unspecified atom stereocenters. The van der Waals surface area contributed by atoms with Gasteiger partial charge in [0.05, 0.1) is 11.3 Å². The van der Waals surface area contributed by atoms with E-state index in [0.29, 0.717) is 0 Å². The number of hydrogen-bond acceptors (Lipinski definition) is 3. The highest BCUT2D eigenvalue weighted by molar-refractivity contribution is 5.89. The third-order valence-electron chi connectivity index (χ3n) is 1.66. The van der Waals surface area contributed by atoms with E-state index >= 15 is 0 Å². The number of carbonyl (C=O) groups is 1. The van der Waals surface area contributed by atoms with Gasteiger partial charge in [-0.15, -0.1) is 0 Å². The highest BCUT2D eigenvalue weighted by atomic mass is 19.3. The average Bonchev–Trinajstić information content (AvgIpc) is 2.07. The van der Waals surface area contributed by atoms with Crippen molar-refractivity contribution >= 4 is 5.97 Å². The zero-order valence-electron chi connectivity index (χ0n) is 7.16. The molecule has 0 fully saturated rings. The maximum atomic E-state index is 12.2. The van der Waals surface area contributed by atoms with E-state index in [1.165, 1.54) is 6.92 Å². The first-order valence-corrected chi connectivity index (χ1v) is 3.65. The molecule has 0 saturated carbocycles. The molecular formula is C8H7F2NO3.